The number of rotatable bonds is 9. The van der Waals surface area contributed by atoms with Crippen LogP contribution in [0.15, 0.2) is 42.5 Å². The van der Waals surface area contributed by atoms with E-state index in [-0.39, 0.29) is 5.75 Å². The van der Waals surface area contributed by atoms with E-state index in [1.807, 2.05) is 12.1 Å². The largest absolute Gasteiger partial charge is 0.429 e. The van der Waals surface area contributed by atoms with Gasteiger partial charge in [0.1, 0.15) is 5.75 Å². The van der Waals surface area contributed by atoms with Gasteiger partial charge in [-0.2, -0.15) is 8.78 Å². The van der Waals surface area contributed by atoms with Crippen molar-refractivity contribution in [3.63, 3.8) is 0 Å². The molecule has 0 unspecified atom stereocenters. The molecule has 2 saturated carbocycles. The Bertz CT molecular complexity index is 926. The summed E-state index contributed by atoms with van der Waals surface area (Å²) in [6.45, 7) is 2.27. The first-order valence-corrected chi connectivity index (χ1v) is 13.5. The molecule has 0 aromatic heterocycles. The summed E-state index contributed by atoms with van der Waals surface area (Å²) in [7, 11) is 0. The summed E-state index contributed by atoms with van der Waals surface area (Å²) in [5.74, 6) is 0.637. The predicted molar refractivity (Wildman–Crippen MR) is 132 cm³/mol. The Kier molecular flexibility index (Phi) is 8.77. The van der Waals surface area contributed by atoms with Gasteiger partial charge in [0.25, 0.3) is 0 Å². The van der Waals surface area contributed by atoms with Gasteiger partial charge >= 0.3 is 6.11 Å². The van der Waals surface area contributed by atoms with E-state index in [1.165, 1.54) is 64.2 Å². The first-order chi connectivity index (χ1) is 16.9. The molecule has 192 valence electrons. The molecule has 0 heterocycles. The van der Waals surface area contributed by atoms with E-state index in [0.29, 0.717) is 18.1 Å². The van der Waals surface area contributed by atoms with Crippen LogP contribution >= 0.6 is 0 Å². The molecule has 0 spiro atoms. The van der Waals surface area contributed by atoms with Gasteiger partial charge < -0.3 is 4.74 Å². The van der Waals surface area contributed by atoms with E-state index >= 15 is 0 Å². The number of hydrogen-bond acceptors (Lipinski definition) is 1. The lowest BCUT2D eigenvalue weighted by Gasteiger charge is -2.38. The van der Waals surface area contributed by atoms with Gasteiger partial charge in [-0.15, -0.1) is 0 Å². The van der Waals surface area contributed by atoms with Crippen molar-refractivity contribution in [2.24, 2.45) is 17.8 Å². The average Bonchev–Trinajstić information content (AvgIpc) is 2.87. The van der Waals surface area contributed by atoms with Crippen LogP contribution in [0.3, 0.4) is 0 Å². The zero-order valence-electron chi connectivity index (χ0n) is 20.8. The highest BCUT2D eigenvalue weighted by Crippen LogP contribution is 2.45. The summed E-state index contributed by atoms with van der Waals surface area (Å²) >= 11 is 0. The van der Waals surface area contributed by atoms with Crippen molar-refractivity contribution < 1.29 is 22.3 Å². The molecule has 4 rings (SSSR count). The highest BCUT2D eigenvalue weighted by Gasteiger charge is 2.36. The number of halogens is 4. The summed E-state index contributed by atoms with van der Waals surface area (Å²) < 4.78 is 60.1. The van der Waals surface area contributed by atoms with E-state index in [1.54, 1.807) is 12.1 Å². The minimum Gasteiger partial charge on any atom is -0.429 e. The molecular formula is C30H38F4O. The monoisotopic (exact) mass is 490 g/mol. The Morgan fingerprint density at radius 1 is 0.771 bits per heavy atom. The Labute approximate surface area is 207 Å². The topological polar surface area (TPSA) is 9.23 Å². The van der Waals surface area contributed by atoms with Gasteiger partial charge in [-0.1, -0.05) is 57.6 Å². The second-order valence-electron chi connectivity index (χ2n) is 10.7. The zero-order valence-corrected chi connectivity index (χ0v) is 20.8. The summed E-state index contributed by atoms with van der Waals surface area (Å²) in [5.41, 5.74) is 0.445. The zero-order chi connectivity index (χ0) is 24.8. The van der Waals surface area contributed by atoms with Crippen molar-refractivity contribution in [2.75, 3.05) is 0 Å². The van der Waals surface area contributed by atoms with E-state index in [2.05, 4.69) is 6.92 Å². The van der Waals surface area contributed by atoms with E-state index in [4.69, 9.17) is 4.74 Å². The van der Waals surface area contributed by atoms with Crippen LogP contribution in [0.5, 0.6) is 5.75 Å². The fourth-order valence-corrected chi connectivity index (χ4v) is 6.25. The van der Waals surface area contributed by atoms with Crippen molar-refractivity contribution in [3.8, 4) is 5.75 Å². The fraction of sp³-hybridized carbons (Fsp3) is 0.600. The van der Waals surface area contributed by atoms with Crippen LogP contribution in [0.25, 0.3) is 0 Å². The quantitative estimate of drug-likeness (QED) is 0.251. The summed E-state index contributed by atoms with van der Waals surface area (Å²) in [4.78, 5) is 0. The highest BCUT2D eigenvalue weighted by molar-refractivity contribution is 5.31. The van der Waals surface area contributed by atoms with Crippen molar-refractivity contribution in [3.05, 3.63) is 65.2 Å². The molecule has 1 nitrogen and oxygen atoms in total. The SMILES string of the molecule is CCCCCC1CCC(C2CCC(c3ccc(OC(F)(F)c4ccc(F)c(F)c4)cc3)CC2)CC1. The Morgan fingerprint density at radius 2 is 1.40 bits per heavy atom. The van der Waals surface area contributed by atoms with Gasteiger partial charge in [-0.25, -0.2) is 8.78 Å². The highest BCUT2D eigenvalue weighted by atomic mass is 19.3. The van der Waals surface area contributed by atoms with Crippen molar-refractivity contribution in [2.45, 2.75) is 96.0 Å². The molecule has 2 aromatic rings. The molecule has 0 aliphatic heterocycles. The maximum absolute atomic E-state index is 14.4. The normalized spacial score (nSPS) is 25.4. The lowest BCUT2D eigenvalue weighted by Crippen LogP contribution is -2.25. The van der Waals surface area contributed by atoms with Gasteiger partial charge in [0.2, 0.25) is 0 Å². The molecule has 0 saturated heterocycles. The second-order valence-corrected chi connectivity index (χ2v) is 10.7. The molecule has 2 fully saturated rings. The number of unbranched alkanes of at least 4 members (excludes halogenated alkanes) is 2. The van der Waals surface area contributed by atoms with Crippen molar-refractivity contribution >= 4 is 0 Å². The molecule has 0 bridgehead atoms. The molecule has 0 atom stereocenters. The summed E-state index contributed by atoms with van der Waals surface area (Å²) in [6.07, 6.45) is 12.1. The summed E-state index contributed by atoms with van der Waals surface area (Å²) in [5, 5.41) is 0. The van der Waals surface area contributed by atoms with Crippen LogP contribution in [-0.2, 0) is 6.11 Å². The van der Waals surface area contributed by atoms with Gasteiger partial charge in [0, 0.05) is 0 Å². The molecule has 5 heteroatoms. The van der Waals surface area contributed by atoms with Crippen LogP contribution in [0.2, 0.25) is 0 Å². The minimum atomic E-state index is -3.75. The third-order valence-electron chi connectivity index (χ3n) is 8.40. The van der Waals surface area contributed by atoms with Gasteiger partial charge in [0.15, 0.2) is 11.6 Å². The van der Waals surface area contributed by atoms with Crippen LogP contribution < -0.4 is 4.74 Å². The van der Waals surface area contributed by atoms with Gasteiger partial charge in [-0.3, -0.25) is 0 Å². The minimum absolute atomic E-state index is 0.00728. The first kappa shape index (κ1) is 26.0. The lowest BCUT2D eigenvalue weighted by molar-refractivity contribution is -0.185. The second kappa shape index (κ2) is 11.8. The third-order valence-corrected chi connectivity index (χ3v) is 8.40. The van der Waals surface area contributed by atoms with Crippen LogP contribution in [0.4, 0.5) is 17.6 Å². The van der Waals surface area contributed by atoms with Crippen LogP contribution in [0.1, 0.15) is 101 Å². The van der Waals surface area contributed by atoms with Crippen molar-refractivity contribution in [1.29, 1.82) is 0 Å². The Hall–Kier alpha value is -2.04. The van der Waals surface area contributed by atoms with Crippen LogP contribution in [-0.4, -0.2) is 0 Å². The van der Waals surface area contributed by atoms with Gasteiger partial charge in [0.05, 0.1) is 5.56 Å². The fourth-order valence-electron chi connectivity index (χ4n) is 6.25. The van der Waals surface area contributed by atoms with E-state index in [0.717, 1.165) is 42.2 Å². The molecular weight excluding hydrogens is 452 g/mol. The molecule has 2 aromatic carbocycles. The maximum Gasteiger partial charge on any atom is 0.426 e. The number of benzene rings is 2. The third kappa shape index (κ3) is 6.80. The predicted octanol–water partition coefficient (Wildman–Crippen LogP) is 9.75. The smallest absolute Gasteiger partial charge is 0.426 e. The van der Waals surface area contributed by atoms with E-state index < -0.39 is 23.3 Å². The van der Waals surface area contributed by atoms with Gasteiger partial charge in [-0.05, 0) is 98.1 Å². The molecule has 0 radical (unpaired) electrons. The number of hydrogen-bond donors (Lipinski definition) is 0. The maximum atomic E-state index is 14.4. The molecule has 0 N–H and O–H groups in total. The lowest BCUT2D eigenvalue weighted by atomic mass is 9.68. The summed E-state index contributed by atoms with van der Waals surface area (Å²) in [6, 6.07) is 8.82. The van der Waals surface area contributed by atoms with E-state index in [9.17, 15) is 17.6 Å². The first-order valence-electron chi connectivity index (χ1n) is 13.5. The molecule has 0 amide bonds. The molecule has 2 aliphatic rings. The molecule has 35 heavy (non-hydrogen) atoms. The standard InChI is InChI=1S/C30H38F4O/c1-2-3-4-5-21-6-8-22(9-7-21)23-10-12-24(13-11-23)25-14-17-27(18-15-25)35-30(33,34)26-16-19-28(31)29(32)20-26/h14-24H,2-13H2,1H3. The Balaban J connectivity index is 1.25. The van der Waals surface area contributed by atoms with Crippen molar-refractivity contribution in [1.82, 2.24) is 0 Å². The average molecular weight is 491 g/mol. The number of alkyl halides is 2. The Morgan fingerprint density at radius 3 is 2.00 bits per heavy atom. The number of ether oxygens (including phenoxy) is 1. The molecule has 2 aliphatic carbocycles. The van der Waals surface area contributed by atoms with Crippen LogP contribution in [0, 0.1) is 29.4 Å².